The van der Waals surface area contributed by atoms with E-state index < -0.39 is 0 Å². The molecular weight excluding hydrogens is 410 g/mol. The summed E-state index contributed by atoms with van der Waals surface area (Å²) in [4.78, 5) is 28.0. The summed E-state index contributed by atoms with van der Waals surface area (Å²) in [6.45, 7) is 2.75. The Morgan fingerprint density at radius 2 is 1.94 bits per heavy atom. The number of benzene rings is 1. The summed E-state index contributed by atoms with van der Waals surface area (Å²) in [7, 11) is 0. The molecule has 0 unspecified atom stereocenters. The fourth-order valence-corrected chi connectivity index (χ4v) is 4.75. The molecule has 0 radical (unpaired) electrons. The molecule has 1 aliphatic carbocycles. The maximum absolute atomic E-state index is 11.7. The van der Waals surface area contributed by atoms with Crippen molar-refractivity contribution in [2.24, 2.45) is 10.9 Å². The van der Waals surface area contributed by atoms with Crippen LogP contribution >= 0.6 is 11.8 Å². The van der Waals surface area contributed by atoms with E-state index in [1.54, 1.807) is 6.08 Å². The van der Waals surface area contributed by atoms with Gasteiger partial charge in [-0.1, -0.05) is 30.3 Å². The van der Waals surface area contributed by atoms with Gasteiger partial charge in [0.2, 0.25) is 0 Å². The van der Waals surface area contributed by atoms with Crippen molar-refractivity contribution < 1.29 is 9.59 Å². The Morgan fingerprint density at radius 1 is 1.13 bits per heavy atom. The van der Waals surface area contributed by atoms with Gasteiger partial charge in [-0.2, -0.15) is 0 Å². The SMILES string of the molecule is O=C1NC(=O)/C(=C/C2=CCNC(N[C@H]3CC[C@H](CNCCc4ccccc4)CC3)=N2)S1. The standard InChI is InChI=1S/C23H29N5O2S/c29-21-20(31-23(30)28-21)14-19-11-13-25-22(27-19)26-18-8-6-17(7-9-18)15-24-12-10-16-4-2-1-3-5-16/h1-5,11,14,17-18,24H,6-10,12-13,15H2,(H2,25,26,27)(H,28,29,30)/b20-14-/t17-,18-. The van der Waals surface area contributed by atoms with Gasteiger partial charge in [-0.05, 0) is 80.6 Å². The molecule has 7 nitrogen and oxygen atoms in total. The van der Waals surface area contributed by atoms with E-state index in [2.05, 4.69) is 56.6 Å². The number of allylic oxidation sites excluding steroid dienone is 1. The maximum atomic E-state index is 11.7. The lowest BCUT2D eigenvalue weighted by atomic mass is 9.86. The van der Waals surface area contributed by atoms with E-state index >= 15 is 0 Å². The number of hydrogen-bond acceptors (Lipinski definition) is 7. The van der Waals surface area contributed by atoms with Gasteiger partial charge in [0, 0.05) is 12.6 Å². The second-order valence-electron chi connectivity index (χ2n) is 8.12. The predicted molar refractivity (Wildman–Crippen MR) is 125 cm³/mol. The quantitative estimate of drug-likeness (QED) is 0.386. The monoisotopic (exact) mass is 439 g/mol. The van der Waals surface area contributed by atoms with Crippen LogP contribution < -0.4 is 21.3 Å². The van der Waals surface area contributed by atoms with E-state index in [1.165, 1.54) is 18.4 Å². The molecule has 31 heavy (non-hydrogen) atoms. The number of nitrogens with zero attached hydrogens (tertiary/aromatic N) is 1. The number of imide groups is 1. The first kappa shape index (κ1) is 21.6. The van der Waals surface area contributed by atoms with Gasteiger partial charge in [-0.3, -0.25) is 14.9 Å². The third-order valence-electron chi connectivity index (χ3n) is 5.80. The van der Waals surface area contributed by atoms with Crippen molar-refractivity contribution in [1.82, 2.24) is 21.3 Å². The molecule has 2 aliphatic heterocycles. The van der Waals surface area contributed by atoms with E-state index in [4.69, 9.17) is 0 Å². The molecule has 0 atom stereocenters. The van der Waals surface area contributed by atoms with Crippen LogP contribution in [0.4, 0.5) is 4.79 Å². The fraction of sp³-hybridized carbons (Fsp3) is 0.435. The molecule has 1 aromatic rings. The van der Waals surface area contributed by atoms with Crippen LogP contribution in [0, 0.1) is 5.92 Å². The molecule has 0 bridgehead atoms. The Balaban J connectivity index is 1.18. The van der Waals surface area contributed by atoms with E-state index in [9.17, 15) is 9.59 Å². The number of nitrogens with one attached hydrogen (secondary N) is 4. The van der Waals surface area contributed by atoms with Gasteiger partial charge >= 0.3 is 0 Å². The van der Waals surface area contributed by atoms with Gasteiger partial charge in [0.05, 0.1) is 10.6 Å². The van der Waals surface area contributed by atoms with Gasteiger partial charge in [0.1, 0.15) is 0 Å². The van der Waals surface area contributed by atoms with Gasteiger partial charge in [0.15, 0.2) is 5.96 Å². The minimum absolute atomic E-state index is 0.334. The topological polar surface area (TPSA) is 94.6 Å². The summed E-state index contributed by atoms with van der Waals surface area (Å²) in [6, 6.07) is 11.0. The number of carbonyl (C=O) groups excluding carboxylic acids is 2. The molecule has 4 rings (SSSR count). The summed E-state index contributed by atoms with van der Waals surface area (Å²) in [5.41, 5.74) is 2.08. The van der Waals surface area contributed by atoms with Crippen LogP contribution in [0.25, 0.3) is 0 Å². The lowest BCUT2D eigenvalue weighted by Gasteiger charge is -2.30. The Labute approximate surface area is 187 Å². The van der Waals surface area contributed by atoms with Crippen molar-refractivity contribution in [2.75, 3.05) is 19.6 Å². The van der Waals surface area contributed by atoms with Crippen molar-refractivity contribution in [3.8, 4) is 0 Å². The highest BCUT2D eigenvalue weighted by molar-refractivity contribution is 8.18. The molecule has 2 heterocycles. The van der Waals surface area contributed by atoms with Gasteiger partial charge in [0.25, 0.3) is 11.1 Å². The smallest absolute Gasteiger partial charge is 0.290 e. The molecule has 0 spiro atoms. The molecule has 164 valence electrons. The molecule has 2 amide bonds. The van der Waals surface area contributed by atoms with Crippen LogP contribution in [0.15, 0.2) is 58.1 Å². The highest BCUT2D eigenvalue weighted by Gasteiger charge is 2.26. The molecule has 2 fully saturated rings. The van der Waals surface area contributed by atoms with Gasteiger partial charge in [-0.25, -0.2) is 4.99 Å². The van der Waals surface area contributed by atoms with Gasteiger partial charge < -0.3 is 16.0 Å². The van der Waals surface area contributed by atoms with Crippen LogP contribution in [0.2, 0.25) is 0 Å². The normalized spacial score (nSPS) is 25.0. The lowest BCUT2D eigenvalue weighted by Crippen LogP contribution is -2.46. The summed E-state index contributed by atoms with van der Waals surface area (Å²) in [5.74, 6) is 1.12. The van der Waals surface area contributed by atoms with Crippen molar-refractivity contribution in [3.63, 3.8) is 0 Å². The Morgan fingerprint density at radius 3 is 2.68 bits per heavy atom. The second-order valence-corrected chi connectivity index (χ2v) is 9.14. The first-order valence-corrected chi connectivity index (χ1v) is 11.8. The minimum Gasteiger partial charge on any atom is -0.353 e. The fourth-order valence-electron chi connectivity index (χ4n) is 4.08. The van der Waals surface area contributed by atoms with E-state index in [1.807, 2.05) is 6.08 Å². The van der Waals surface area contributed by atoms with Crippen LogP contribution in [0.1, 0.15) is 31.2 Å². The molecular formula is C23H29N5O2S. The minimum atomic E-state index is -0.352. The largest absolute Gasteiger partial charge is 0.353 e. The predicted octanol–water partition coefficient (Wildman–Crippen LogP) is 2.68. The zero-order valence-electron chi connectivity index (χ0n) is 17.5. The van der Waals surface area contributed by atoms with Crippen molar-refractivity contribution in [2.45, 2.75) is 38.1 Å². The average Bonchev–Trinajstić information content (AvgIpc) is 3.10. The van der Waals surface area contributed by atoms with E-state index in [-0.39, 0.29) is 11.1 Å². The number of amides is 2. The van der Waals surface area contributed by atoms with Crippen LogP contribution in [0.5, 0.6) is 0 Å². The number of guanidine groups is 1. The molecule has 4 N–H and O–H groups in total. The van der Waals surface area contributed by atoms with Crippen molar-refractivity contribution in [3.05, 3.63) is 58.6 Å². The molecule has 0 aromatic heterocycles. The molecule has 1 saturated carbocycles. The Bertz CT molecular complexity index is 888. The summed E-state index contributed by atoms with van der Waals surface area (Å²) < 4.78 is 0. The molecule has 1 aromatic carbocycles. The Hall–Kier alpha value is -2.58. The molecule has 1 saturated heterocycles. The van der Waals surface area contributed by atoms with Crippen LogP contribution in [0.3, 0.4) is 0 Å². The Kier molecular flexibility index (Phi) is 7.43. The first-order valence-electron chi connectivity index (χ1n) is 10.9. The second kappa shape index (κ2) is 10.6. The van der Waals surface area contributed by atoms with Gasteiger partial charge in [-0.15, -0.1) is 0 Å². The summed E-state index contributed by atoms with van der Waals surface area (Å²) in [6.07, 6.45) is 9.31. The molecule has 3 aliphatic rings. The van der Waals surface area contributed by atoms with Crippen LogP contribution in [-0.4, -0.2) is 42.8 Å². The number of thioether (sulfide) groups is 1. The summed E-state index contributed by atoms with van der Waals surface area (Å²) >= 11 is 0.916. The highest BCUT2D eigenvalue weighted by Crippen LogP contribution is 2.26. The maximum Gasteiger partial charge on any atom is 0.290 e. The summed E-state index contributed by atoms with van der Waals surface area (Å²) in [5, 5.41) is 12.3. The zero-order valence-corrected chi connectivity index (χ0v) is 18.3. The van der Waals surface area contributed by atoms with Crippen LogP contribution in [-0.2, 0) is 11.2 Å². The average molecular weight is 440 g/mol. The number of carbonyl (C=O) groups is 2. The first-order chi connectivity index (χ1) is 15.2. The number of aliphatic imine (C=N–C) groups is 1. The number of rotatable bonds is 7. The lowest BCUT2D eigenvalue weighted by molar-refractivity contribution is -0.115. The third kappa shape index (κ3) is 6.45. The van der Waals surface area contributed by atoms with Crippen molar-refractivity contribution in [1.29, 1.82) is 0 Å². The van der Waals surface area contributed by atoms with E-state index in [0.29, 0.717) is 23.2 Å². The zero-order chi connectivity index (χ0) is 21.5. The number of hydrogen-bond donors (Lipinski definition) is 4. The van der Waals surface area contributed by atoms with Crippen molar-refractivity contribution >= 4 is 28.9 Å². The third-order valence-corrected chi connectivity index (χ3v) is 6.61. The van der Waals surface area contributed by atoms with E-state index in [0.717, 1.165) is 56.0 Å². The highest BCUT2D eigenvalue weighted by atomic mass is 32.2. The molecule has 8 heteroatoms.